The topological polar surface area (TPSA) is 27.7 Å². The summed E-state index contributed by atoms with van der Waals surface area (Å²) in [6, 6.07) is 0. The molecule has 1 saturated heterocycles. The normalized spacial score (nSPS) is 58.9. The summed E-state index contributed by atoms with van der Waals surface area (Å²) in [5.74, 6) is 2.37. The van der Waals surface area contributed by atoms with Crippen LogP contribution in [0.15, 0.2) is 0 Å². The Kier molecular flexibility index (Phi) is 4.01. The van der Waals surface area contributed by atoms with Crippen molar-refractivity contribution in [2.24, 2.45) is 34.5 Å². The number of rotatable bonds is 1. The molecular weight excluding hydrogens is 336 g/mol. The molecule has 27 heavy (non-hydrogen) atoms. The molecule has 4 saturated carbocycles. The minimum atomic E-state index is -0.431. The molecule has 154 valence electrons. The molecule has 1 aliphatic heterocycles. The Labute approximate surface area is 165 Å². The van der Waals surface area contributed by atoms with Gasteiger partial charge in [-0.3, -0.25) is 0 Å². The maximum atomic E-state index is 6.71. The molecule has 1 heterocycles. The van der Waals surface area contributed by atoms with E-state index in [4.69, 9.17) is 14.2 Å². The average Bonchev–Trinajstić information content (AvgIpc) is 3.06. The van der Waals surface area contributed by atoms with Crippen molar-refractivity contribution in [1.82, 2.24) is 0 Å². The van der Waals surface area contributed by atoms with E-state index in [0.717, 1.165) is 5.92 Å². The van der Waals surface area contributed by atoms with Crippen LogP contribution in [0.5, 0.6) is 0 Å². The minimum absolute atomic E-state index is 0.0309. The van der Waals surface area contributed by atoms with Gasteiger partial charge in [0.15, 0.2) is 5.79 Å². The van der Waals surface area contributed by atoms with E-state index in [9.17, 15) is 0 Å². The van der Waals surface area contributed by atoms with Crippen molar-refractivity contribution < 1.29 is 14.2 Å². The second-order valence-corrected chi connectivity index (χ2v) is 11.9. The monoisotopic (exact) mass is 376 g/mol. The first-order chi connectivity index (χ1) is 12.6. The van der Waals surface area contributed by atoms with E-state index < -0.39 is 5.79 Å². The van der Waals surface area contributed by atoms with Gasteiger partial charge in [0.25, 0.3) is 0 Å². The molecule has 0 spiro atoms. The van der Waals surface area contributed by atoms with Gasteiger partial charge in [-0.25, -0.2) is 0 Å². The van der Waals surface area contributed by atoms with Crippen molar-refractivity contribution >= 4 is 0 Å². The molecule has 3 heteroatoms. The molecule has 5 aliphatic rings. The summed E-state index contributed by atoms with van der Waals surface area (Å²) in [6.45, 7) is 11.8. The molecule has 0 amide bonds. The van der Waals surface area contributed by atoms with Gasteiger partial charge in [0.2, 0.25) is 0 Å². The van der Waals surface area contributed by atoms with E-state index in [1.807, 2.05) is 7.11 Å². The lowest BCUT2D eigenvalue weighted by Gasteiger charge is -2.62. The average molecular weight is 377 g/mol. The molecular formula is C24H40O3. The van der Waals surface area contributed by atoms with E-state index in [1.165, 1.54) is 51.4 Å². The maximum absolute atomic E-state index is 6.71. The van der Waals surface area contributed by atoms with Gasteiger partial charge in [-0.1, -0.05) is 26.7 Å². The lowest BCUT2D eigenvalue weighted by atomic mass is 9.44. The maximum Gasteiger partial charge on any atom is 0.163 e. The highest BCUT2D eigenvalue weighted by molar-refractivity contribution is 5.16. The zero-order valence-electron chi connectivity index (χ0n) is 18.3. The van der Waals surface area contributed by atoms with Crippen LogP contribution in [0.4, 0.5) is 0 Å². The number of hydrogen-bond donors (Lipinski definition) is 0. The van der Waals surface area contributed by atoms with Crippen molar-refractivity contribution in [2.45, 2.75) is 110 Å². The molecule has 5 rings (SSSR count). The fraction of sp³-hybridized carbons (Fsp3) is 1.00. The van der Waals surface area contributed by atoms with Crippen LogP contribution in [0.2, 0.25) is 0 Å². The van der Waals surface area contributed by atoms with Gasteiger partial charge in [0.1, 0.15) is 0 Å². The van der Waals surface area contributed by atoms with E-state index in [-0.39, 0.29) is 11.7 Å². The van der Waals surface area contributed by atoms with Gasteiger partial charge >= 0.3 is 0 Å². The van der Waals surface area contributed by atoms with Crippen molar-refractivity contribution in [3.8, 4) is 0 Å². The van der Waals surface area contributed by atoms with Crippen molar-refractivity contribution in [3.63, 3.8) is 0 Å². The largest absolute Gasteiger partial charge is 0.378 e. The summed E-state index contributed by atoms with van der Waals surface area (Å²) < 4.78 is 19.4. The third-order valence-corrected chi connectivity index (χ3v) is 9.89. The van der Waals surface area contributed by atoms with E-state index in [1.54, 1.807) is 0 Å². The number of ether oxygens (including phenoxy) is 3. The molecule has 0 aromatic rings. The third kappa shape index (κ3) is 2.56. The first-order valence-corrected chi connectivity index (χ1v) is 11.5. The summed E-state index contributed by atoms with van der Waals surface area (Å²) >= 11 is 0. The number of hydrogen-bond acceptors (Lipinski definition) is 3. The standard InChI is InChI=1S/C24H40O3/c1-21(2)26-19-16-9-7-8-11-24(16,5)15-10-12-22(3)14-23(4,25-6)13-17(22)18(15)20(19)27-21/h15-20H,7-14H2,1-6H3/t15?,16?,17?,18?,19-,20-,22-,23+,24-/m1/s1. The Balaban J connectivity index is 1.58. The Morgan fingerprint density at radius 1 is 0.815 bits per heavy atom. The minimum Gasteiger partial charge on any atom is -0.378 e. The summed E-state index contributed by atoms with van der Waals surface area (Å²) in [5.41, 5.74) is 0.856. The van der Waals surface area contributed by atoms with Crippen LogP contribution in [0.3, 0.4) is 0 Å². The van der Waals surface area contributed by atoms with Crippen LogP contribution in [-0.4, -0.2) is 30.7 Å². The van der Waals surface area contributed by atoms with Crippen LogP contribution in [-0.2, 0) is 14.2 Å². The van der Waals surface area contributed by atoms with Gasteiger partial charge in [-0.05, 0) is 93.8 Å². The molecule has 0 bridgehead atoms. The van der Waals surface area contributed by atoms with Crippen molar-refractivity contribution in [1.29, 1.82) is 0 Å². The Bertz CT molecular complexity index is 615. The van der Waals surface area contributed by atoms with Crippen molar-refractivity contribution in [2.75, 3.05) is 7.11 Å². The molecule has 5 fully saturated rings. The molecule has 0 aromatic carbocycles. The zero-order valence-corrected chi connectivity index (χ0v) is 18.3. The molecule has 4 unspecified atom stereocenters. The van der Waals surface area contributed by atoms with Gasteiger partial charge in [-0.15, -0.1) is 0 Å². The van der Waals surface area contributed by atoms with Crippen LogP contribution >= 0.6 is 0 Å². The first kappa shape index (κ1) is 18.9. The van der Waals surface area contributed by atoms with Crippen molar-refractivity contribution in [3.05, 3.63) is 0 Å². The third-order valence-electron chi connectivity index (χ3n) is 9.89. The van der Waals surface area contributed by atoms with Gasteiger partial charge in [0.05, 0.1) is 17.8 Å². The summed E-state index contributed by atoms with van der Waals surface area (Å²) in [4.78, 5) is 0. The Morgan fingerprint density at radius 2 is 1.56 bits per heavy atom. The summed E-state index contributed by atoms with van der Waals surface area (Å²) in [6.07, 6.45) is 11.2. The van der Waals surface area contributed by atoms with Gasteiger partial charge in [-0.2, -0.15) is 0 Å². The molecule has 0 aromatic heterocycles. The summed E-state index contributed by atoms with van der Waals surface area (Å²) in [7, 11) is 1.92. The number of fused-ring (bicyclic) bond motifs is 8. The molecule has 3 nitrogen and oxygen atoms in total. The second kappa shape index (κ2) is 5.73. The van der Waals surface area contributed by atoms with E-state index in [2.05, 4.69) is 34.6 Å². The molecule has 9 atom stereocenters. The quantitative estimate of drug-likeness (QED) is 0.599. The van der Waals surface area contributed by atoms with E-state index >= 15 is 0 Å². The zero-order chi connectivity index (χ0) is 19.2. The molecule has 0 N–H and O–H groups in total. The van der Waals surface area contributed by atoms with Crippen LogP contribution in [0, 0.1) is 34.5 Å². The van der Waals surface area contributed by atoms with Crippen LogP contribution < -0.4 is 0 Å². The van der Waals surface area contributed by atoms with Gasteiger partial charge in [0, 0.05) is 7.11 Å². The SMILES string of the molecule is CO[C@@]1(C)CC2C3C(CC[C@]2(C)C1)[C@@]1(C)CCCCC1[C@H]1OC(C)(C)O[C@H]31. The number of methoxy groups -OCH3 is 1. The van der Waals surface area contributed by atoms with Crippen LogP contribution in [0.25, 0.3) is 0 Å². The predicted molar refractivity (Wildman–Crippen MR) is 106 cm³/mol. The molecule has 0 radical (unpaired) electrons. The summed E-state index contributed by atoms with van der Waals surface area (Å²) in [5, 5.41) is 0. The van der Waals surface area contributed by atoms with E-state index in [0.29, 0.717) is 34.7 Å². The highest BCUT2D eigenvalue weighted by Gasteiger charge is 2.68. The molecule has 4 aliphatic carbocycles. The lowest BCUT2D eigenvalue weighted by Crippen LogP contribution is -2.62. The first-order valence-electron chi connectivity index (χ1n) is 11.5. The second-order valence-electron chi connectivity index (χ2n) is 11.9. The highest BCUT2D eigenvalue weighted by atomic mass is 16.8. The Morgan fingerprint density at radius 3 is 2.30 bits per heavy atom. The Hall–Kier alpha value is -0.120. The smallest absolute Gasteiger partial charge is 0.163 e. The highest BCUT2D eigenvalue weighted by Crippen LogP contribution is 2.69. The lowest BCUT2D eigenvalue weighted by molar-refractivity contribution is -0.175. The predicted octanol–water partition coefficient (Wildman–Crippen LogP) is 5.56. The fourth-order valence-corrected chi connectivity index (χ4v) is 8.80. The fourth-order valence-electron chi connectivity index (χ4n) is 8.80. The van der Waals surface area contributed by atoms with Crippen LogP contribution in [0.1, 0.15) is 86.0 Å². The van der Waals surface area contributed by atoms with Gasteiger partial charge < -0.3 is 14.2 Å².